The van der Waals surface area contributed by atoms with Gasteiger partial charge in [0.25, 0.3) is 0 Å². The molecule has 0 fully saturated rings. The first kappa shape index (κ1) is 27.0. The SMILES string of the molecule is S=C(C(=S)c1ccccc1)c1ccccc1.S=C(C(=S)c1ccccc1)c1ccccc1.[Cu]. The predicted octanol–water partition coefficient (Wildman–Crippen LogP) is 7.64. The zero-order valence-electron chi connectivity index (χ0n) is 17.5. The number of rotatable bonds is 6. The predicted molar refractivity (Wildman–Crippen MR) is 153 cm³/mol. The van der Waals surface area contributed by atoms with Crippen LogP contribution in [0.15, 0.2) is 121 Å². The number of hydrogen-bond acceptors (Lipinski definition) is 4. The Morgan fingerprint density at radius 2 is 0.455 bits per heavy atom. The summed E-state index contributed by atoms with van der Waals surface area (Å²) in [4.78, 5) is 2.95. The van der Waals surface area contributed by atoms with Gasteiger partial charge in [0.05, 0.1) is 19.5 Å². The van der Waals surface area contributed by atoms with Crippen molar-refractivity contribution in [2.75, 3.05) is 0 Å². The van der Waals surface area contributed by atoms with E-state index in [-0.39, 0.29) is 17.1 Å². The van der Waals surface area contributed by atoms with E-state index in [0.29, 0.717) is 0 Å². The Morgan fingerprint density at radius 1 is 0.303 bits per heavy atom. The molecule has 0 aliphatic rings. The molecule has 0 spiro atoms. The maximum Gasteiger partial charge on any atom is 0.0636 e. The first-order chi connectivity index (χ1) is 15.6. The number of hydrogen-bond donors (Lipinski definition) is 0. The van der Waals surface area contributed by atoms with Crippen molar-refractivity contribution in [2.24, 2.45) is 0 Å². The molecule has 4 aromatic carbocycles. The summed E-state index contributed by atoms with van der Waals surface area (Å²) in [5.74, 6) is 0. The van der Waals surface area contributed by atoms with Crippen LogP contribution in [0.3, 0.4) is 0 Å². The van der Waals surface area contributed by atoms with Crippen LogP contribution in [0.4, 0.5) is 0 Å². The third kappa shape index (κ3) is 7.93. The number of thiocarbonyl (C=S) groups is 4. The van der Waals surface area contributed by atoms with Crippen LogP contribution in [-0.2, 0) is 17.1 Å². The summed E-state index contributed by atoms with van der Waals surface area (Å²) in [6, 6.07) is 39.5. The molecule has 0 saturated heterocycles. The topological polar surface area (TPSA) is 0 Å². The maximum atomic E-state index is 5.38. The molecule has 0 bridgehead atoms. The second-order valence-corrected chi connectivity index (χ2v) is 8.41. The Balaban J connectivity index is 0.000000227. The van der Waals surface area contributed by atoms with Gasteiger partial charge in [0.1, 0.15) is 0 Å². The van der Waals surface area contributed by atoms with Crippen molar-refractivity contribution in [3.05, 3.63) is 144 Å². The molecule has 5 heteroatoms. The van der Waals surface area contributed by atoms with E-state index in [1.54, 1.807) is 0 Å². The zero-order valence-corrected chi connectivity index (χ0v) is 21.7. The molecule has 167 valence electrons. The summed E-state index contributed by atoms with van der Waals surface area (Å²) in [5.41, 5.74) is 4.02. The Bertz CT molecular complexity index is 1010. The normalized spacial score (nSPS) is 9.45. The van der Waals surface area contributed by atoms with Gasteiger partial charge >= 0.3 is 0 Å². The van der Waals surface area contributed by atoms with E-state index in [1.807, 2.05) is 121 Å². The van der Waals surface area contributed by atoms with Crippen molar-refractivity contribution in [3.8, 4) is 0 Å². The summed E-state index contributed by atoms with van der Waals surface area (Å²) in [6.45, 7) is 0. The molecule has 0 heterocycles. The van der Waals surface area contributed by atoms with Crippen LogP contribution in [0.5, 0.6) is 0 Å². The third-order valence-corrected chi connectivity index (χ3v) is 6.57. The van der Waals surface area contributed by atoms with Gasteiger partial charge in [-0.3, -0.25) is 0 Å². The van der Waals surface area contributed by atoms with E-state index in [1.165, 1.54) is 0 Å². The minimum Gasteiger partial charge on any atom is -0.0778 e. The fourth-order valence-electron chi connectivity index (χ4n) is 2.88. The molecule has 0 unspecified atom stereocenters. The zero-order chi connectivity index (χ0) is 22.8. The van der Waals surface area contributed by atoms with E-state index < -0.39 is 0 Å². The van der Waals surface area contributed by atoms with E-state index in [9.17, 15) is 0 Å². The van der Waals surface area contributed by atoms with Gasteiger partial charge in [0.15, 0.2) is 0 Å². The second-order valence-electron chi connectivity index (χ2n) is 6.78. The molecular weight excluding hydrogens is 528 g/mol. The average molecular weight is 548 g/mol. The summed E-state index contributed by atoms with van der Waals surface area (Å²) < 4.78 is 0. The third-order valence-electron chi connectivity index (χ3n) is 4.56. The molecule has 4 aromatic rings. The summed E-state index contributed by atoms with van der Waals surface area (Å²) in [6.07, 6.45) is 0. The van der Waals surface area contributed by atoms with Gasteiger partial charge in [-0.1, -0.05) is 170 Å². The summed E-state index contributed by atoms with van der Waals surface area (Å²) >= 11 is 21.5. The van der Waals surface area contributed by atoms with E-state index in [2.05, 4.69) is 0 Å². The van der Waals surface area contributed by atoms with Gasteiger partial charge in [-0.15, -0.1) is 0 Å². The Kier molecular flexibility index (Phi) is 11.6. The van der Waals surface area contributed by atoms with Gasteiger partial charge in [0.2, 0.25) is 0 Å². The van der Waals surface area contributed by atoms with Gasteiger partial charge in [-0.05, 0) is 22.3 Å². The van der Waals surface area contributed by atoms with Crippen molar-refractivity contribution < 1.29 is 17.1 Å². The molecule has 0 aliphatic carbocycles. The Labute approximate surface area is 227 Å². The first-order valence-corrected chi connectivity index (χ1v) is 11.6. The molecular formula is C28H20CuS4. The van der Waals surface area contributed by atoms with Crippen molar-refractivity contribution in [1.82, 2.24) is 0 Å². The standard InChI is InChI=1S/2C14H10S2.Cu/c2*15-13(11-7-3-1-4-8-11)14(16)12-9-5-2-6-10-12;/h2*1-10H;. The second kappa shape index (κ2) is 14.1. The molecule has 0 nitrogen and oxygen atoms in total. The molecule has 0 atom stereocenters. The van der Waals surface area contributed by atoms with Crippen LogP contribution >= 0.6 is 48.9 Å². The molecule has 1 radical (unpaired) electrons. The van der Waals surface area contributed by atoms with E-state index >= 15 is 0 Å². The van der Waals surface area contributed by atoms with Gasteiger partial charge < -0.3 is 0 Å². The maximum absolute atomic E-state index is 5.38. The molecule has 0 aliphatic heterocycles. The fraction of sp³-hybridized carbons (Fsp3) is 0. The van der Waals surface area contributed by atoms with Crippen LogP contribution < -0.4 is 0 Å². The van der Waals surface area contributed by atoms with Crippen LogP contribution in [0, 0.1) is 0 Å². The van der Waals surface area contributed by atoms with Crippen LogP contribution in [-0.4, -0.2) is 19.5 Å². The van der Waals surface area contributed by atoms with Crippen LogP contribution in [0.1, 0.15) is 22.3 Å². The molecule has 33 heavy (non-hydrogen) atoms. The monoisotopic (exact) mass is 547 g/mol. The quantitative estimate of drug-likeness (QED) is 0.138. The molecule has 0 aromatic heterocycles. The van der Waals surface area contributed by atoms with Crippen molar-refractivity contribution in [2.45, 2.75) is 0 Å². The smallest absolute Gasteiger partial charge is 0.0636 e. The van der Waals surface area contributed by atoms with Gasteiger partial charge in [-0.2, -0.15) is 0 Å². The summed E-state index contributed by atoms with van der Waals surface area (Å²) in [5, 5.41) is 0. The molecule has 0 amide bonds. The molecule has 0 saturated carbocycles. The largest absolute Gasteiger partial charge is 0.0778 e. The van der Waals surface area contributed by atoms with Crippen LogP contribution in [0.2, 0.25) is 0 Å². The minimum absolute atomic E-state index is 0. The summed E-state index contributed by atoms with van der Waals surface area (Å²) in [7, 11) is 0. The molecule has 0 N–H and O–H groups in total. The van der Waals surface area contributed by atoms with Crippen molar-refractivity contribution >= 4 is 68.3 Å². The Morgan fingerprint density at radius 3 is 0.606 bits per heavy atom. The van der Waals surface area contributed by atoms with Crippen molar-refractivity contribution in [3.63, 3.8) is 0 Å². The minimum atomic E-state index is 0. The van der Waals surface area contributed by atoms with Crippen LogP contribution in [0.25, 0.3) is 0 Å². The average Bonchev–Trinajstić information content (AvgIpc) is 2.89. The molecule has 4 rings (SSSR count). The number of benzene rings is 4. The van der Waals surface area contributed by atoms with Crippen molar-refractivity contribution in [1.29, 1.82) is 0 Å². The van der Waals surface area contributed by atoms with Gasteiger partial charge in [-0.25, -0.2) is 0 Å². The van der Waals surface area contributed by atoms with Gasteiger partial charge in [0, 0.05) is 17.1 Å². The van der Waals surface area contributed by atoms with E-state index in [4.69, 9.17) is 48.9 Å². The first-order valence-electron chi connectivity index (χ1n) is 9.96. The fourth-order valence-corrected chi connectivity index (χ4v) is 3.90. The Hall–Kier alpha value is -2.24. The van der Waals surface area contributed by atoms with E-state index in [0.717, 1.165) is 41.7 Å².